The quantitative estimate of drug-likeness (QED) is 0.515. The summed E-state index contributed by atoms with van der Waals surface area (Å²) in [5.41, 5.74) is 0. The molecule has 0 aliphatic heterocycles. The highest BCUT2D eigenvalue weighted by atomic mass is 16.5. The summed E-state index contributed by atoms with van der Waals surface area (Å²) in [6, 6.07) is -1.55. The third kappa shape index (κ3) is 8.85. The molecule has 0 aliphatic carbocycles. The van der Waals surface area contributed by atoms with E-state index in [0.29, 0.717) is 19.6 Å². The number of aliphatic carboxylic acids is 1. The highest BCUT2D eigenvalue weighted by molar-refractivity contribution is 5.86. The summed E-state index contributed by atoms with van der Waals surface area (Å²) in [4.78, 5) is 35.6. The Morgan fingerprint density at radius 3 is 2.38 bits per heavy atom. The summed E-state index contributed by atoms with van der Waals surface area (Å²) >= 11 is 0. The van der Waals surface area contributed by atoms with E-state index in [1.54, 1.807) is 0 Å². The fourth-order valence-corrected chi connectivity index (χ4v) is 1.59. The molecule has 0 bridgehead atoms. The number of hydrogen-bond acceptors (Lipinski definition) is 4. The fourth-order valence-electron chi connectivity index (χ4n) is 1.59. The first-order chi connectivity index (χ1) is 9.77. The third-order valence-electron chi connectivity index (χ3n) is 2.66. The molecule has 21 heavy (non-hydrogen) atoms. The van der Waals surface area contributed by atoms with Crippen LogP contribution >= 0.6 is 0 Å². The van der Waals surface area contributed by atoms with Gasteiger partial charge in [-0.25, -0.2) is 9.59 Å². The average Bonchev–Trinajstić information content (AvgIpc) is 2.37. The zero-order valence-corrected chi connectivity index (χ0v) is 13.0. The lowest BCUT2D eigenvalue weighted by Gasteiger charge is -2.22. The molecule has 0 spiro atoms. The van der Waals surface area contributed by atoms with Crippen molar-refractivity contribution < 1.29 is 24.2 Å². The highest BCUT2D eigenvalue weighted by Crippen LogP contribution is 2.05. The van der Waals surface area contributed by atoms with Crippen molar-refractivity contribution in [2.45, 2.75) is 26.3 Å². The summed E-state index contributed by atoms with van der Waals surface area (Å²) in [6.07, 6.45) is 0.328. The van der Waals surface area contributed by atoms with Crippen LogP contribution in [-0.4, -0.2) is 67.8 Å². The van der Waals surface area contributed by atoms with E-state index in [2.05, 4.69) is 10.6 Å². The number of carboxylic acid groups (broad SMARTS) is 1. The van der Waals surface area contributed by atoms with E-state index in [1.807, 2.05) is 13.8 Å². The Kier molecular flexibility index (Phi) is 9.11. The Bertz CT molecular complexity index is 360. The van der Waals surface area contributed by atoms with Crippen LogP contribution in [0.3, 0.4) is 0 Å². The van der Waals surface area contributed by atoms with Gasteiger partial charge in [0.05, 0.1) is 6.61 Å². The Labute approximate surface area is 124 Å². The fraction of sp³-hybridized carbons (Fsp3) is 0.769. The second kappa shape index (κ2) is 9.98. The number of nitrogens with zero attached hydrogens (tertiary/aromatic N) is 1. The van der Waals surface area contributed by atoms with Crippen molar-refractivity contribution in [3.63, 3.8) is 0 Å². The summed E-state index contributed by atoms with van der Waals surface area (Å²) in [5.74, 6) is -1.29. The molecule has 3 amide bonds. The Morgan fingerprint density at radius 1 is 1.29 bits per heavy atom. The van der Waals surface area contributed by atoms with E-state index in [4.69, 9.17) is 9.84 Å². The first-order valence-corrected chi connectivity index (χ1v) is 6.78. The Morgan fingerprint density at radius 2 is 1.90 bits per heavy atom. The molecule has 0 radical (unpaired) electrons. The minimum absolute atomic E-state index is 0.133. The molecule has 3 N–H and O–H groups in total. The lowest BCUT2D eigenvalue weighted by molar-refractivity contribution is -0.139. The van der Waals surface area contributed by atoms with Crippen molar-refractivity contribution in [3.8, 4) is 0 Å². The molecule has 0 aromatic carbocycles. The number of hydrogen-bond donors (Lipinski definition) is 3. The highest BCUT2D eigenvalue weighted by Gasteiger charge is 2.23. The van der Waals surface area contributed by atoms with Gasteiger partial charge in [-0.05, 0) is 12.3 Å². The van der Waals surface area contributed by atoms with E-state index in [0.717, 1.165) is 4.90 Å². The molecule has 0 unspecified atom stereocenters. The molecule has 0 aliphatic rings. The average molecular weight is 303 g/mol. The molecule has 0 heterocycles. The van der Waals surface area contributed by atoms with Crippen LogP contribution < -0.4 is 10.6 Å². The maximum absolute atomic E-state index is 11.9. The van der Waals surface area contributed by atoms with Gasteiger partial charge < -0.3 is 25.4 Å². The van der Waals surface area contributed by atoms with E-state index < -0.39 is 18.0 Å². The number of amides is 3. The lowest BCUT2D eigenvalue weighted by atomic mass is 10.0. The summed E-state index contributed by atoms with van der Waals surface area (Å²) in [6.45, 7) is 4.33. The van der Waals surface area contributed by atoms with Crippen LogP contribution in [0.1, 0.15) is 20.3 Å². The Balaban J connectivity index is 4.29. The number of nitrogens with one attached hydrogen (secondary N) is 2. The number of ether oxygens (including phenoxy) is 1. The number of carbonyl (C=O) groups excluding carboxylic acids is 2. The summed E-state index contributed by atoms with van der Waals surface area (Å²) < 4.78 is 4.79. The van der Waals surface area contributed by atoms with E-state index in [1.165, 1.54) is 14.2 Å². The predicted molar refractivity (Wildman–Crippen MR) is 76.9 cm³/mol. The zero-order valence-electron chi connectivity index (χ0n) is 13.0. The lowest BCUT2D eigenvalue weighted by Crippen LogP contribution is -2.49. The van der Waals surface area contributed by atoms with Crippen LogP contribution in [0.15, 0.2) is 0 Å². The van der Waals surface area contributed by atoms with Gasteiger partial charge in [0.15, 0.2) is 0 Å². The minimum atomic E-state index is -1.09. The Hall–Kier alpha value is -1.83. The maximum atomic E-state index is 11.9. The number of methoxy groups -OCH3 is 1. The molecule has 8 nitrogen and oxygen atoms in total. The molecule has 0 aromatic heterocycles. The number of carboxylic acids is 1. The molecule has 8 heteroatoms. The monoisotopic (exact) mass is 303 g/mol. The molecule has 0 saturated carbocycles. The van der Waals surface area contributed by atoms with E-state index >= 15 is 0 Å². The topological polar surface area (TPSA) is 108 Å². The van der Waals surface area contributed by atoms with Gasteiger partial charge in [0.1, 0.15) is 12.6 Å². The number of likely N-dealkylation sites (N-methyl/N-ethyl adjacent to an activating group) is 1. The summed E-state index contributed by atoms with van der Waals surface area (Å²) in [7, 11) is 2.95. The van der Waals surface area contributed by atoms with Gasteiger partial charge in [-0.3, -0.25) is 4.79 Å². The largest absolute Gasteiger partial charge is 0.480 e. The van der Waals surface area contributed by atoms with Crippen LogP contribution in [0.25, 0.3) is 0 Å². The molecular formula is C13H25N3O5. The SMILES string of the molecule is COCCNC(=O)CN(C)C(=O)N[C@@H](CC(C)C)C(=O)O. The molecule has 1 atom stereocenters. The van der Waals surface area contributed by atoms with Crippen molar-refractivity contribution in [1.29, 1.82) is 0 Å². The van der Waals surface area contributed by atoms with Crippen molar-refractivity contribution in [2.24, 2.45) is 5.92 Å². The van der Waals surface area contributed by atoms with Crippen molar-refractivity contribution in [2.75, 3.05) is 33.9 Å². The van der Waals surface area contributed by atoms with Gasteiger partial charge in [-0.2, -0.15) is 0 Å². The van der Waals surface area contributed by atoms with Crippen LogP contribution in [0.5, 0.6) is 0 Å². The van der Waals surface area contributed by atoms with Gasteiger partial charge in [-0.15, -0.1) is 0 Å². The third-order valence-corrected chi connectivity index (χ3v) is 2.66. The maximum Gasteiger partial charge on any atom is 0.326 e. The molecule has 0 saturated heterocycles. The zero-order chi connectivity index (χ0) is 16.4. The minimum Gasteiger partial charge on any atom is -0.480 e. The molecule has 0 fully saturated rings. The number of carbonyl (C=O) groups is 3. The molecule has 0 aromatic rings. The molecule has 0 rings (SSSR count). The number of rotatable bonds is 9. The van der Waals surface area contributed by atoms with Crippen LogP contribution in [-0.2, 0) is 14.3 Å². The van der Waals surface area contributed by atoms with Gasteiger partial charge in [-0.1, -0.05) is 13.8 Å². The van der Waals surface area contributed by atoms with Crippen molar-refractivity contribution in [3.05, 3.63) is 0 Å². The normalized spacial score (nSPS) is 11.9. The molecule has 122 valence electrons. The smallest absolute Gasteiger partial charge is 0.326 e. The first-order valence-electron chi connectivity index (χ1n) is 6.78. The van der Waals surface area contributed by atoms with Crippen LogP contribution in [0, 0.1) is 5.92 Å². The van der Waals surface area contributed by atoms with Crippen LogP contribution in [0.4, 0.5) is 4.79 Å². The van der Waals surface area contributed by atoms with Crippen LogP contribution in [0.2, 0.25) is 0 Å². The first kappa shape index (κ1) is 19.2. The second-order valence-electron chi connectivity index (χ2n) is 5.17. The van der Waals surface area contributed by atoms with Gasteiger partial charge in [0.2, 0.25) is 5.91 Å². The van der Waals surface area contributed by atoms with E-state index in [9.17, 15) is 14.4 Å². The van der Waals surface area contributed by atoms with Crippen molar-refractivity contribution >= 4 is 17.9 Å². The molecular weight excluding hydrogens is 278 g/mol. The van der Waals surface area contributed by atoms with E-state index in [-0.39, 0.29) is 18.4 Å². The van der Waals surface area contributed by atoms with Crippen molar-refractivity contribution in [1.82, 2.24) is 15.5 Å². The van der Waals surface area contributed by atoms with Gasteiger partial charge in [0.25, 0.3) is 0 Å². The van der Waals surface area contributed by atoms with Gasteiger partial charge in [0, 0.05) is 20.7 Å². The second-order valence-corrected chi connectivity index (χ2v) is 5.17. The van der Waals surface area contributed by atoms with Gasteiger partial charge >= 0.3 is 12.0 Å². The number of urea groups is 1. The standard InChI is InChI=1S/C13H25N3O5/c1-9(2)7-10(12(18)19)15-13(20)16(3)8-11(17)14-5-6-21-4/h9-10H,5-8H2,1-4H3,(H,14,17)(H,15,20)(H,18,19)/t10-/m0/s1. The summed E-state index contributed by atoms with van der Waals surface area (Å²) in [5, 5.41) is 14.0. The predicted octanol–water partition coefficient (Wildman–Crippen LogP) is -0.110.